The molecule has 0 aliphatic rings. The van der Waals surface area contributed by atoms with E-state index >= 15 is 0 Å². The number of anilines is 1. The Morgan fingerprint density at radius 3 is 2.95 bits per heavy atom. The van der Waals surface area contributed by atoms with E-state index in [-0.39, 0.29) is 5.82 Å². The first-order valence-corrected chi connectivity index (χ1v) is 6.03. The topological polar surface area (TPSA) is 61.7 Å². The van der Waals surface area contributed by atoms with Crippen LogP contribution in [0.4, 0.5) is 10.3 Å². The average Bonchev–Trinajstić information content (AvgIpc) is 2.92. The first kappa shape index (κ1) is 11.7. The number of halogens is 1. The van der Waals surface area contributed by atoms with Crippen LogP contribution in [0, 0.1) is 5.82 Å². The molecule has 0 fully saturated rings. The summed E-state index contributed by atoms with van der Waals surface area (Å²) in [5, 5.41) is 4.12. The Morgan fingerprint density at radius 2 is 2.21 bits per heavy atom. The van der Waals surface area contributed by atoms with Gasteiger partial charge in [0.05, 0.1) is 11.7 Å². The number of nitrogens with two attached hydrogens (primary N) is 1. The number of benzene rings is 1. The van der Waals surface area contributed by atoms with Crippen molar-refractivity contribution in [3.63, 3.8) is 0 Å². The maximum atomic E-state index is 13.6. The number of aromatic nitrogens is 4. The molecule has 2 N–H and O–H groups in total. The Kier molecular flexibility index (Phi) is 2.70. The number of nitrogens with zero attached hydrogens (tertiary/aromatic N) is 4. The number of aryl methyl sites for hydroxylation is 3. The summed E-state index contributed by atoms with van der Waals surface area (Å²) in [5.41, 5.74) is 8.02. The van der Waals surface area contributed by atoms with Crippen molar-refractivity contribution >= 4 is 17.0 Å². The number of rotatable bonds is 3. The van der Waals surface area contributed by atoms with Crippen LogP contribution in [0.5, 0.6) is 0 Å². The molecule has 98 valence electrons. The van der Waals surface area contributed by atoms with Crippen molar-refractivity contribution in [3.8, 4) is 0 Å². The molecule has 0 aliphatic heterocycles. The molecule has 0 aliphatic carbocycles. The van der Waals surface area contributed by atoms with Gasteiger partial charge in [-0.15, -0.1) is 0 Å². The quantitative estimate of drug-likeness (QED) is 0.779. The first-order chi connectivity index (χ1) is 9.15. The molecule has 5 nitrogen and oxygen atoms in total. The highest BCUT2D eigenvalue weighted by molar-refractivity contribution is 5.78. The van der Waals surface area contributed by atoms with Gasteiger partial charge in [0, 0.05) is 19.8 Å². The second-order valence-electron chi connectivity index (χ2n) is 4.50. The predicted octanol–water partition coefficient (Wildman–Crippen LogP) is 1.73. The summed E-state index contributed by atoms with van der Waals surface area (Å²) in [6.45, 7) is 0.650. The third-order valence-electron chi connectivity index (χ3n) is 3.14. The zero-order valence-corrected chi connectivity index (χ0v) is 10.5. The molecule has 3 rings (SSSR count). The van der Waals surface area contributed by atoms with Gasteiger partial charge in [0.2, 0.25) is 5.95 Å². The highest BCUT2D eigenvalue weighted by atomic mass is 19.1. The van der Waals surface area contributed by atoms with Gasteiger partial charge in [-0.3, -0.25) is 4.68 Å². The van der Waals surface area contributed by atoms with Crippen LogP contribution in [-0.4, -0.2) is 19.3 Å². The highest BCUT2D eigenvalue weighted by Crippen LogP contribution is 2.20. The highest BCUT2D eigenvalue weighted by Gasteiger charge is 2.11. The summed E-state index contributed by atoms with van der Waals surface area (Å²) < 4.78 is 17.2. The molecule has 0 atom stereocenters. The fourth-order valence-corrected chi connectivity index (χ4v) is 2.21. The van der Waals surface area contributed by atoms with Gasteiger partial charge in [-0.1, -0.05) is 6.07 Å². The Balaban J connectivity index is 1.92. The van der Waals surface area contributed by atoms with Gasteiger partial charge >= 0.3 is 0 Å². The van der Waals surface area contributed by atoms with E-state index in [2.05, 4.69) is 10.1 Å². The van der Waals surface area contributed by atoms with Gasteiger partial charge in [0.15, 0.2) is 5.82 Å². The van der Waals surface area contributed by atoms with Crippen LogP contribution < -0.4 is 5.73 Å². The Labute approximate surface area is 109 Å². The van der Waals surface area contributed by atoms with Gasteiger partial charge in [-0.25, -0.2) is 9.37 Å². The van der Waals surface area contributed by atoms with Crippen molar-refractivity contribution in [2.24, 2.45) is 7.05 Å². The lowest BCUT2D eigenvalue weighted by atomic mass is 10.2. The Morgan fingerprint density at radius 1 is 1.37 bits per heavy atom. The predicted molar refractivity (Wildman–Crippen MR) is 71.0 cm³/mol. The molecule has 0 bridgehead atoms. The fraction of sp³-hybridized carbons (Fsp3) is 0.231. The van der Waals surface area contributed by atoms with Crippen LogP contribution in [-0.2, 0) is 20.0 Å². The van der Waals surface area contributed by atoms with Crippen molar-refractivity contribution in [1.82, 2.24) is 19.3 Å². The SMILES string of the molecule is Cn1cc(CCn2c(N)nc3c(F)cccc32)cn1. The number of hydrogen-bond donors (Lipinski definition) is 1. The molecule has 0 spiro atoms. The zero-order chi connectivity index (χ0) is 13.4. The first-order valence-electron chi connectivity index (χ1n) is 6.03. The summed E-state index contributed by atoms with van der Waals surface area (Å²) in [5.74, 6) is -0.00619. The molecule has 0 saturated heterocycles. The molecular weight excluding hydrogens is 245 g/mol. The van der Waals surface area contributed by atoms with Crippen molar-refractivity contribution in [2.75, 3.05) is 5.73 Å². The smallest absolute Gasteiger partial charge is 0.201 e. The molecule has 1 aromatic carbocycles. The molecule has 0 radical (unpaired) electrons. The van der Waals surface area contributed by atoms with Crippen molar-refractivity contribution < 1.29 is 4.39 Å². The van der Waals surface area contributed by atoms with E-state index < -0.39 is 0 Å². The number of fused-ring (bicyclic) bond motifs is 1. The second-order valence-corrected chi connectivity index (χ2v) is 4.50. The molecule has 6 heteroatoms. The van der Waals surface area contributed by atoms with E-state index in [1.165, 1.54) is 6.07 Å². The Bertz CT molecular complexity index is 728. The van der Waals surface area contributed by atoms with Crippen LogP contribution in [0.1, 0.15) is 5.56 Å². The molecule has 0 amide bonds. The molecule has 2 heterocycles. The molecule has 0 unspecified atom stereocenters. The lowest BCUT2D eigenvalue weighted by Gasteiger charge is -2.05. The van der Waals surface area contributed by atoms with Gasteiger partial charge in [-0.2, -0.15) is 5.10 Å². The van der Waals surface area contributed by atoms with Crippen molar-refractivity contribution in [2.45, 2.75) is 13.0 Å². The minimum absolute atomic E-state index is 0.325. The minimum Gasteiger partial charge on any atom is -0.369 e. The summed E-state index contributed by atoms with van der Waals surface area (Å²) in [4.78, 5) is 4.08. The van der Waals surface area contributed by atoms with E-state index in [1.54, 1.807) is 10.7 Å². The van der Waals surface area contributed by atoms with Crippen LogP contribution >= 0.6 is 0 Å². The Hall–Kier alpha value is -2.37. The zero-order valence-electron chi connectivity index (χ0n) is 10.5. The van der Waals surface area contributed by atoms with Crippen LogP contribution in [0.25, 0.3) is 11.0 Å². The van der Waals surface area contributed by atoms with E-state index in [9.17, 15) is 4.39 Å². The normalized spacial score (nSPS) is 11.3. The lowest BCUT2D eigenvalue weighted by molar-refractivity contribution is 0.637. The number of hydrogen-bond acceptors (Lipinski definition) is 3. The molecule has 0 saturated carbocycles. The summed E-state index contributed by atoms with van der Waals surface area (Å²) in [7, 11) is 1.87. The van der Waals surface area contributed by atoms with E-state index in [4.69, 9.17) is 5.73 Å². The van der Waals surface area contributed by atoms with E-state index in [0.29, 0.717) is 18.0 Å². The fourth-order valence-electron chi connectivity index (χ4n) is 2.21. The van der Waals surface area contributed by atoms with Gasteiger partial charge in [0.1, 0.15) is 5.52 Å². The largest absolute Gasteiger partial charge is 0.369 e. The van der Waals surface area contributed by atoms with Crippen LogP contribution in [0.2, 0.25) is 0 Å². The average molecular weight is 259 g/mol. The summed E-state index contributed by atoms with van der Waals surface area (Å²) in [6, 6.07) is 4.88. The third-order valence-corrected chi connectivity index (χ3v) is 3.14. The molecule has 3 aromatic rings. The van der Waals surface area contributed by atoms with Gasteiger partial charge in [0.25, 0.3) is 0 Å². The van der Waals surface area contributed by atoms with Crippen molar-refractivity contribution in [3.05, 3.63) is 42.0 Å². The number of para-hydroxylation sites is 1. The standard InChI is InChI=1S/C13H14FN5/c1-18-8-9(7-16-18)5-6-19-11-4-2-3-10(14)12(11)17-13(19)15/h2-4,7-8H,5-6H2,1H3,(H2,15,17). The monoisotopic (exact) mass is 259 g/mol. The maximum Gasteiger partial charge on any atom is 0.201 e. The third kappa shape index (κ3) is 2.05. The second kappa shape index (κ2) is 4.38. The van der Waals surface area contributed by atoms with E-state index in [1.807, 2.05) is 30.1 Å². The lowest BCUT2D eigenvalue weighted by Crippen LogP contribution is -2.05. The molecular formula is C13H14FN5. The maximum absolute atomic E-state index is 13.6. The molecule has 19 heavy (non-hydrogen) atoms. The number of imidazole rings is 1. The van der Waals surface area contributed by atoms with Crippen molar-refractivity contribution in [1.29, 1.82) is 0 Å². The van der Waals surface area contributed by atoms with Gasteiger partial charge in [-0.05, 0) is 24.1 Å². The van der Waals surface area contributed by atoms with Crippen LogP contribution in [0.15, 0.2) is 30.6 Å². The van der Waals surface area contributed by atoms with Crippen LogP contribution in [0.3, 0.4) is 0 Å². The van der Waals surface area contributed by atoms with Gasteiger partial charge < -0.3 is 10.3 Å². The number of nitrogen functional groups attached to an aromatic ring is 1. The van der Waals surface area contributed by atoms with E-state index in [0.717, 1.165) is 17.5 Å². The minimum atomic E-state index is -0.343. The molecule has 2 aromatic heterocycles. The summed E-state index contributed by atoms with van der Waals surface area (Å²) >= 11 is 0. The summed E-state index contributed by atoms with van der Waals surface area (Å²) in [6.07, 6.45) is 4.55.